The van der Waals surface area contributed by atoms with Gasteiger partial charge in [0.25, 0.3) is 0 Å². The highest BCUT2D eigenvalue weighted by Crippen LogP contribution is 2.26. The van der Waals surface area contributed by atoms with E-state index >= 15 is 0 Å². The Morgan fingerprint density at radius 1 is 1.75 bits per heavy atom. The van der Waals surface area contributed by atoms with Crippen LogP contribution in [0.4, 0.5) is 0 Å². The fourth-order valence-electron chi connectivity index (χ4n) is 0.916. The number of alkyl halides is 1. The third kappa shape index (κ3) is 2.62. The largest absolute Gasteiger partial charge is 0.367 e. The summed E-state index contributed by atoms with van der Waals surface area (Å²) in [6, 6.07) is 0. The maximum atomic E-state index is 9.62. The second kappa shape index (κ2) is 3.96. The number of nitrogens with zero attached hydrogens (tertiary/aromatic N) is 2. The van der Waals surface area contributed by atoms with Gasteiger partial charge in [-0.15, -0.1) is 23.4 Å². The molecule has 0 aromatic heterocycles. The van der Waals surface area contributed by atoms with Crippen molar-refractivity contribution in [3.8, 4) is 0 Å². The zero-order chi connectivity index (χ0) is 9.19. The Hall–Kier alpha value is 0.230. The molecular formula is C7H13ClN2OS. The van der Waals surface area contributed by atoms with Gasteiger partial charge >= 0.3 is 0 Å². The highest BCUT2D eigenvalue weighted by molar-refractivity contribution is 8.14. The molecule has 0 radical (unpaired) electrons. The van der Waals surface area contributed by atoms with Crippen molar-refractivity contribution >= 4 is 28.4 Å². The highest BCUT2D eigenvalue weighted by Gasteiger charge is 2.31. The van der Waals surface area contributed by atoms with Gasteiger partial charge in [-0.05, 0) is 14.1 Å². The van der Waals surface area contributed by atoms with Gasteiger partial charge in [0.05, 0.1) is 16.7 Å². The van der Waals surface area contributed by atoms with Crippen molar-refractivity contribution in [1.29, 1.82) is 0 Å². The van der Waals surface area contributed by atoms with E-state index in [2.05, 4.69) is 4.99 Å². The van der Waals surface area contributed by atoms with E-state index in [1.165, 1.54) is 0 Å². The summed E-state index contributed by atoms with van der Waals surface area (Å²) in [4.78, 5) is 6.16. The number of rotatable bonds is 3. The molecule has 5 heteroatoms. The van der Waals surface area contributed by atoms with E-state index in [-0.39, 0.29) is 5.88 Å². The SMILES string of the molecule is CN(C)CC1=N[C@@](O)(CCl)CS1. The highest BCUT2D eigenvalue weighted by atomic mass is 35.5. The molecule has 1 heterocycles. The average Bonchev–Trinajstić information content (AvgIpc) is 2.32. The molecule has 12 heavy (non-hydrogen) atoms. The van der Waals surface area contributed by atoms with Gasteiger partial charge in [0.15, 0.2) is 5.72 Å². The topological polar surface area (TPSA) is 35.8 Å². The molecular weight excluding hydrogens is 196 g/mol. The van der Waals surface area contributed by atoms with Crippen molar-refractivity contribution in [1.82, 2.24) is 4.90 Å². The predicted molar refractivity (Wildman–Crippen MR) is 54.1 cm³/mol. The maximum absolute atomic E-state index is 9.62. The third-order valence-corrected chi connectivity index (χ3v) is 3.06. The van der Waals surface area contributed by atoms with Crippen molar-refractivity contribution in [2.75, 3.05) is 32.3 Å². The normalized spacial score (nSPS) is 29.6. The second-order valence-corrected chi connectivity index (χ2v) is 4.46. The van der Waals surface area contributed by atoms with Crippen LogP contribution in [0.15, 0.2) is 4.99 Å². The summed E-state index contributed by atoms with van der Waals surface area (Å²) in [7, 11) is 3.95. The number of thioether (sulfide) groups is 1. The molecule has 1 atom stereocenters. The van der Waals surface area contributed by atoms with E-state index in [4.69, 9.17) is 11.6 Å². The smallest absolute Gasteiger partial charge is 0.179 e. The summed E-state index contributed by atoms with van der Waals surface area (Å²) in [6.07, 6.45) is 0. The van der Waals surface area contributed by atoms with Gasteiger partial charge in [-0.25, -0.2) is 4.99 Å². The average molecular weight is 209 g/mol. The fraction of sp³-hybridized carbons (Fsp3) is 0.857. The van der Waals surface area contributed by atoms with Crippen LogP contribution >= 0.6 is 23.4 Å². The lowest BCUT2D eigenvalue weighted by Gasteiger charge is -2.12. The monoisotopic (exact) mass is 208 g/mol. The predicted octanol–water partition coefficient (Wildman–Crippen LogP) is 0.621. The van der Waals surface area contributed by atoms with Gasteiger partial charge in [-0.3, -0.25) is 0 Å². The minimum Gasteiger partial charge on any atom is -0.367 e. The summed E-state index contributed by atoms with van der Waals surface area (Å²) in [6.45, 7) is 0.782. The van der Waals surface area contributed by atoms with Crippen molar-refractivity contribution < 1.29 is 5.11 Å². The molecule has 0 aromatic carbocycles. The summed E-state index contributed by atoms with van der Waals surface area (Å²) >= 11 is 7.14. The Balaban J connectivity index is 2.53. The lowest BCUT2D eigenvalue weighted by molar-refractivity contribution is 0.102. The van der Waals surface area contributed by atoms with E-state index in [1.54, 1.807) is 11.8 Å². The van der Waals surface area contributed by atoms with Crippen LogP contribution in [-0.4, -0.2) is 53.0 Å². The zero-order valence-corrected chi connectivity index (χ0v) is 8.82. The number of hydrogen-bond acceptors (Lipinski definition) is 4. The molecule has 0 saturated carbocycles. The molecule has 1 N–H and O–H groups in total. The summed E-state index contributed by atoms with van der Waals surface area (Å²) in [5.74, 6) is 0.761. The molecule has 3 nitrogen and oxygen atoms in total. The summed E-state index contributed by atoms with van der Waals surface area (Å²) < 4.78 is 0. The second-order valence-electron chi connectivity index (χ2n) is 3.15. The first-order chi connectivity index (χ1) is 5.56. The molecule has 0 spiro atoms. The van der Waals surface area contributed by atoms with Crippen LogP contribution in [-0.2, 0) is 0 Å². The van der Waals surface area contributed by atoms with Crippen LogP contribution in [0.5, 0.6) is 0 Å². The molecule has 0 aromatic rings. The van der Waals surface area contributed by atoms with Crippen molar-refractivity contribution in [3.63, 3.8) is 0 Å². The Morgan fingerprint density at radius 3 is 2.83 bits per heavy atom. The van der Waals surface area contributed by atoms with E-state index in [9.17, 15) is 5.11 Å². The minimum atomic E-state index is -1.02. The van der Waals surface area contributed by atoms with Crippen LogP contribution in [0.25, 0.3) is 0 Å². The Bertz CT molecular complexity index is 198. The van der Waals surface area contributed by atoms with Gasteiger partial charge in [0, 0.05) is 6.54 Å². The molecule has 1 aliphatic rings. The van der Waals surface area contributed by atoms with E-state index in [0.717, 1.165) is 11.6 Å². The van der Waals surface area contributed by atoms with E-state index in [1.807, 2.05) is 19.0 Å². The van der Waals surface area contributed by atoms with E-state index < -0.39 is 5.72 Å². The molecule has 70 valence electrons. The lowest BCUT2D eigenvalue weighted by atomic mass is 10.3. The van der Waals surface area contributed by atoms with Crippen LogP contribution in [0.1, 0.15) is 0 Å². The van der Waals surface area contributed by atoms with Crippen molar-refractivity contribution in [2.45, 2.75) is 5.72 Å². The molecule has 0 aliphatic carbocycles. The third-order valence-electron chi connectivity index (χ3n) is 1.47. The minimum absolute atomic E-state index is 0.178. The number of halogens is 1. The summed E-state index contributed by atoms with van der Waals surface area (Å²) in [5, 5.41) is 10.6. The number of aliphatic hydroxyl groups is 1. The molecule has 0 saturated heterocycles. The van der Waals surface area contributed by atoms with Gasteiger partial charge in [0.2, 0.25) is 0 Å². The first-order valence-electron chi connectivity index (χ1n) is 3.70. The van der Waals surface area contributed by atoms with Crippen molar-refractivity contribution in [3.05, 3.63) is 0 Å². The van der Waals surface area contributed by atoms with E-state index in [0.29, 0.717) is 5.75 Å². The van der Waals surface area contributed by atoms with Crippen LogP contribution < -0.4 is 0 Å². The first kappa shape index (κ1) is 10.3. The molecule has 1 aliphatic heterocycles. The lowest BCUT2D eigenvalue weighted by Crippen LogP contribution is -2.28. The summed E-state index contributed by atoms with van der Waals surface area (Å²) in [5.41, 5.74) is -1.02. The molecule has 0 fully saturated rings. The first-order valence-corrected chi connectivity index (χ1v) is 5.22. The zero-order valence-electron chi connectivity index (χ0n) is 7.25. The molecule has 1 rings (SSSR count). The van der Waals surface area contributed by atoms with Gasteiger partial charge < -0.3 is 10.0 Å². The van der Waals surface area contributed by atoms with Crippen LogP contribution in [0, 0.1) is 0 Å². The fourth-order valence-corrected chi connectivity index (χ4v) is 2.33. The van der Waals surface area contributed by atoms with Gasteiger partial charge in [-0.1, -0.05) is 0 Å². The molecule has 0 amide bonds. The Morgan fingerprint density at radius 2 is 2.42 bits per heavy atom. The number of aliphatic imine (C=N–C) groups is 1. The standard InChI is InChI=1S/C7H13ClN2OS/c1-10(2)3-6-9-7(11,4-8)5-12-6/h11H,3-5H2,1-2H3/t7-/m1/s1. The quantitative estimate of drug-likeness (QED) is 0.691. The van der Waals surface area contributed by atoms with Crippen molar-refractivity contribution in [2.24, 2.45) is 4.99 Å². The Kier molecular flexibility index (Phi) is 3.40. The van der Waals surface area contributed by atoms with Crippen LogP contribution in [0.2, 0.25) is 0 Å². The maximum Gasteiger partial charge on any atom is 0.179 e. The van der Waals surface area contributed by atoms with Gasteiger partial charge in [0.1, 0.15) is 0 Å². The molecule has 0 unspecified atom stereocenters. The van der Waals surface area contributed by atoms with Crippen LogP contribution in [0.3, 0.4) is 0 Å². The van der Waals surface area contributed by atoms with Gasteiger partial charge in [-0.2, -0.15) is 0 Å². The Labute approximate surface area is 81.8 Å². The molecule has 0 bridgehead atoms. The number of hydrogen-bond donors (Lipinski definition) is 1.